The van der Waals surface area contributed by atoms with Crippen molar-refractivity contribution in [2.75, 3.05) is 19.8 Å². The van der Waals surface area contributed by atoms with E-state index >= 15 is 0 Å². The Morgan fingerprint density at radius 3 is 2.20 bits per heavy atom. The Morgan fingerprint density at radius 2 is 1.53 bits per heavy atom. The van der Waals surface area contributed by atoms with E-state index in [0.717, 1.165) is 43.3 Å². The van der Waals surface area contributed by atoms with Gasteiger partial charge in [0, 0.05) is 18.3 Å². The number of carbonyl (C=O) groups excluding carboxylic acids is 1. The van der Waals surface area contributed by atoms with E-state index in [0.29, 0.717) is 36.2 Å². The number of aliphatic hydroxyl groups is 9. The van der Waals surface area contributed by atoms with E-state index in [1.54, 1.807) is 0 Å². The lowest BCUT2D eigenvalue weighted by molar-refractivity contribution is -0.337. The monoisotopic (exact) mass is 782 g/mol. The van der Waals surface area contributed by atoms with Gasteiger partial charge in [-0.15, -0.1) is 0 Å². The summed E-state index contributed by atoms with van der Waals surface area (Å²) in [6.45, 7) is 7.30. The van der Waals surface area contributed by atoms with Crippen molar-refractivity contribution in [3.63, 3.8) is 0 Å². The Kier molecular flexibility index (Phi) is 12.0. The Morgan fingerprint density at radius 1 is 0.855 bits per heavy atom. The highest BCUT2D eigenvalue weighted by Gasteiger charge is 2.62. The van der Waals surface area contributed by atoms with E-state index in [1.807, 2.05) is 6.92 Å². The molecule has 5 unspecified atom stereocenters. The van der Waals surface area contributed by atoms with Crippen LogP contribution in [-0.2, 0) is 28.5 Å². The van der Waals surface area contributed by atoms with Crippen LogP contribution in [0.5, 0.6) is 0 Å². The summed E-state index contributed by atoms with van der Waals surface area (Å²) < 4.78 is 29.0. The van der Waals surface area contributed by atoms with Crippen LogP contribution in [0.3, 0.4) is 0 Å². The molecule has 7 rings (SSSR count). The summed E-state index contributed by atoms with van der Waals surface area (Å²) in [5, 5.41) is 94.0. The highest BCUT2D eigenvalue weighted by molar-refractivity contribution is 5.90. The van der Waals surface area contributed by atoms with Gasteiger partial charge in [0.05, 0.1) is 37.6 Å². The van der Waals surface area contributed by atoms with E-state index in [9.17, 15) is 50.8 Å². The highest BCUT2D eigenvalue weighted by atomic mass is 16.7. The van der Waals surface area contributed by atoms with Gasteiger partial charge >= 0.3 is 5.97 Å². The standard InChI is InChI=1S/C40H62O15/c1-17-11-26(53-36(50)22(17)14-41)18(2)23-7-8-24-21-6-5-19-12-20(13-29(43)40(19,4)25(21)9-10-39(23,24)3)52-38-35(49)33(47)31(45)28(55-38)16-51-37-34(48)32(46)30(44)27(15-42)54-37/h5,18,20-21,23-35,37-38,41-49H,6-16H2,1-4H3/t18-,20-,21+,23-,24+,25+,26+,27?,28?,29+,30-,31-,32?,33?,34?,35+,37-,38-,39-,40+/m1/s1. The number of fused-ring (bicyclic) bond motifs is 5. The summed E-state index contributed by atoms with van der Waals surface area (Å²) in [5.41, 5.74) is 1.98. The molecule has 0 aromatic carbocycles. The maximum Gasteiger partial charge on any atom is 0.336 e. The molecular formula is C40H62O15. The van der Waals surface area contributed by atoms with E-state index in [-0.39, 0.29) is 36.4 Å². The van der Waals surface area contributed by atoms with Gasteiger partial charge in [-0.2, -0.15) is 0 Å². The maximum absolute atomic E-state index is 12.7. The van der Waals surface area contributed by atoms with Crippen molar-refractivity contribution in [2.45, 2.75) is 159 Å². The molecule has 0 amide bonds. The number of rotatable bonds is 9. The predicted octanol–water partition coefficient (Wildman–Crippen LogP) is -0.194. The first-order valence-electron chi connectivity index (χ1n) is 20.2. The average molecular weight is 783 g/mol. The fraction of sp³-hybridized carbons (Fsp3) is 0.875. The Bertz CT molecular complexity index is 1470. The molecule has 7 aliphatic rings. The van der Waals surface area contributed by atoms with Crippen LogP contribution in [-0.4, -0.2) is 151 Å². The second-order valence-electron chi connectivity index (χ2n) is 18.0. The molecule has 3 heterocycles. The van der Waals surface area contributed by atoms with Crippen LogP contribution < -0.4 is 0 Å². The van der Waals surface area contributed by atoms with Gasteiger partial charge in [-0.05, 0) is 80.5 Å². The highest BCUT2D eigenvalue weighted by Crippen LogP contribution is 2.67. The van der Waals surface area contributed by atoms with Crippen LogP contribution in [0.25, 0.3) is 0 Å². The summed E-state index contributed by atoms with van der Waals surface area (Å²) in [4.78, 5) is 12.7. The molecule has 3 saturated carbocycles. The maximum atomic E-state index is 12.7. The van der Waals surface area contributed by atoms with Crippen LogP contribution in [0, 0.1) is 40.4 Å². The zero-order valence-electron chi connectivity index (χ0n) is 32.2. The van der Waals surface area contributed by atoms with Crippen molar-refractivity contribution in [2.24, 2.45) is 40.4 Å². The third-order valence-corrected chi connectivity index (χ3v) is 15.4. The quantitative estimate of drug-likeness (QED) is 0.109. The van der Waals surface area contributed by atoms with Crippen molar-refractivity contribution < 1.29 is 74.4 Å². The molecule has 20 atom stereocenters. The molecule has 5 fully saturated rings. The summed E-state index contributed by atoms with van der Waals surface area (Å²) >= 11 is 0. The van der Waals surface area contributed by atoms with Gasteiger partial charge in [0.1, 0.15) is 54.9 Å². The first kappa shape index (κ1) is 41.6. The number of aliphatic hydroxyl groups excluding tert-OH is 9. The zero-order chi connectivity index (χ0) is 39.7. The number of hydrogen-bond acceptors (Lipinski definition) is 15. The lowest BCUT2D eigenvalue weighted by atomic mass is 9.46. The molecular weight excluding hydrogens is 720 g/mol. The molecule has 15 heteroatoms. The predicted molar refractivity (Wildman–Crippen MR) is 191 cm³/mol. The molecule has 4 aliphatic carbocycles. The smallest absolute Gasteiger partial charge is 0.336 e. The van der Waals surface area contributed by atoms with Crippen LogP contribution >= 0.6 is 0 Å². The minimum absolute atomic E-state index is 0.0672. The summed E-state index contributed by atoms with van der Waals surface area (Å²) in [7, 11) is 0. The molecule has 9 N–H and O–H groups in total. The zero-order valence-corrected chi connectivity index (χ0v) is 32.2. The number of ether oxygens (including phenoxy) is 5. The van der Waals surface area contributed by atoms with Crippen LogP contribution in [0.1, 0.15) is 79.1 Å². The Hall–Kier alpha value is -1.57. The molecule has 15 nitrogen and oxygen atoms in total. The van der Waals surface area contributed by atoms with E-state index in [4.69, 9.17) is 23.7 Å². The Balaban J connectivity index is 1.00. The molecule has 2 saturated heterocycles. The largest absolute Gasteiger partial charge is 0.458 e. The molecule has 0 radical (unpaired) electrons. The van der Waals surface area contributed by atoms with Crippen molar-refractivity contribution in [3.05, 3.63) is 22.8 Å². The number of hydrogen-bond donors (Lipinski definition) is 9. The van der Waals surface area contributed by atoms with Gasteiger partial charge in [-0.1, -0.05) is 38.0 Å². The third kappa shape index (κ3) is 7.06. The van der Waals surface area contributed by atoms with Gasteiger partial charge < -0.3 is 69.6 Å². The number of esters is 1. The van der Waals surface area contributed by atoms with Crippen molar-refractivity contribution in [1.29, 1.82) is 0 Å². The third-order valence-electron chi connectivity index (χ3n) is 15.4. The van der Waals surface area contributed by atoms with Gasteiger partial charge in [-0.25, -0.2) is 4.79 Å². The fourth-order valence-corrected chi connectivity index (χ4v) is 12.0. The number of cyclic esters (lactones) is 1. The number of allylic oxidation sites excluding steroid dienone is 1. The average Bonchev–Trinajstić information content (AvgIpc) is 3.51. The first-order valence-corrected chi connectivity index (χ1v) is 20.2. The minimum atomic E-state index is -1.68. The van der Waals surface area contributed by atoms with E-state index in [2.05, 4.69) is 26.8 Å². The molecule has 0 bridgehead atoms. The molecule has 312 valence electrons. The van der Waals surface area contributed by atoms with Crippen LogP contribution in [0.2, 0.25) is 0 Å². The van der Waals surface area contributed by atoms with Crippen LogP contribution in [0.15, 0.2) is 22.8 Å². The van der Waals surface area contributed by atoms with Gasteiger partial charge in [0.2, 0.25) is 0 Å². The molecule has 0 aromatic rings. The van der Waals surface area contributed by atoms with Crippen molar-refractivity contribution in [1.82, 2.24) is 0 Å². The van der Waals surface area contributed by atoms with Crippen molar-refractivity contribution in [3.8, 4) is 0 Å². The lowest BCUT2D eigenvalue weighted by Crippen LogP contribution is -2.62. The lowest BCUT2D eigenvalue weighted by Gasteiger charge is -2.60. The van der Waals surface area contributed by atoms with Gasteiger partial charge in [-0.3, -0.25) is 0 Å². The van der Waals surface area contributed by atoms with Gasteiger partial charge in [0.25, 0.3) is 0 Å². The SMILES string of the molecule is CC1=C(CO)C(=O)O[C@H]([C@H](C)[C@H]2CC[C@H]3[C@@H]4CC=C5C[C@@H](O[C@@H]6OC(CO[C@@H]7OC(CO)[C@@H](O)C(O)C7O)[C@@H](O)C(O)[C@@H]6O)C[C@H](O)[C@]5(C)[C@H]4CC[C@]23C)C1. The second kappa shape index (κ2) is 15.9. The van der Waals surface area contributed by atoms with E-state index in [1.165, 1.54) is 0 Å². The second-order valence-corrected chi connectivity index (χ2v) is 18.0. The molecule has 0 aromatic heterocycles. The topological polar surface area (TPSA) is 245 Å². The first-order chi connectivity index (χ1) is 26.0. The normalized spacial score (nSPS) is 50.7. The summed E-state index contributed by atoms with van der Waals surface area (Å²) in [6, 6.07) is 0. The number of carbonyl (C=O) groups is 1. The summed E-state index contributed by atoms with van der Waals surface area (Å²) in [5.74, 6) is 1.26. The molecule has 55 heavy (non-hydrogen) atoms. The summed E-state index contributed by atoms with van der Waals surface area (Å²) in [6.07, 6.45) is -8.00. The van der Waals surface area contributed by atoms with Crippen molar-refractivity contribution >= 4 is 5.97 Å². The fourth-order valence-electron chi connectivity index (χ4n) is 12.0. The minimum Gasteiger partial charge on any atom is -0.458 e. The Labute approximate surface area is 321 Å². The van der Waals surface area contributed by atoms with Gasteiger partial charge in [0.15, 0.2) is 12.6 Å². The molecule has 3 aliphatic heterocycles. The molecule has 0 spiro atoms. The van der Waals surface area contributed by atoms with E-state index < -0.39 is 98.2 Å². The van der Waals surface area contributed by atoms with Crippen LogP contribution in [0.4, 0.5) is 0 Å².